The lowest BCUT2D eigenvalue weighted by molar-refractivity contribution is -0.313. The number of carboxylic acids is 1. The molecule has 3 rings (SSSR count). The summed E-state index contributed by atoms with van der Waals surface area (Å²) in [4.78, 5) is 27.7. The molecule has 0 N–H and O–H groups in total. The number of carbonyl (C=O) groups excluding carboxylic acids is 2. The summed E-state index contributed by atoms with van der Waals surface area (Å²) in [5.41, 5.74) is 1.00. The molecule has 2 aliphatic carbocycles. The van der Waals surface area contributed by atoms with Crippen molar-refractivity contribution in [3.63, 3.8) is 0 Å². The van der Waals surface area contributed by atoms with E-state index in [0.29, 0.717) is 12.8 Å². The van der Waals surface area contributed by atoms with Crippen LogP contribution in [-0.4, -0.2) is 16.7 Å². The zero-order chi connectivity index (χ0) is 14.1. The van der Waals surface area contributed by atoms with Crippen LogP contribution < -0.4 is 5.11 Å². The van der Waals surface area contributed by atoms with Gasteiger partial charge < -0.3 is 9.90 Å². The SMILES string of the molecule is O=C(CCc1cccnc1)[C@@H]1[C@@H](C(=O)[O-])[C@H]2C=C[C@@H]1C2. The first-order chi connectivity index (χ1) is 9.66. The maximum Gasteiger partial charge on any atom is 0.137 e. The molecule has 1 aromatic rings. The van der Waals surface area contributed by atoms with E-state index in [0.717, 1.165) is 12.0 Å². The van der Waals surface area contributed by atoms with Crippen LogP contribution in [0.1, 0.15) is 18.4 Å². The average Bonchev–Trinajstić information content (AvgIpc) is 3.06. The van der Waals surface area contributed by atoms with E-state index >= 15 is 0 Å². The molecule has 2 bridgehead atoms. The number of nitrogens with zero attached hydrogens (tertiary/aromatic N) is 1. The van der Waals surface area contributed by atoms with Crippen molar-refractivity contribution in [2.24, 2.45) is 23.7 Å². The van der Waals surface area contributed by atoms with Gasteiger partial charge in [0, 0.05) is 36.6 Å². The Bertz CT molecular complexity index is 552. The molecule has 4 atom stereocenters. The van der Waals surface area contributed by atoms with Crippen molar-refractivity contribution in [1.82, 2.24) is 4.98 Å². The molecule has 0 radical (unpaired) electrons. The fourth-order valence-electron chi connectivity index (χ4n) is 3.56. The number of allylic oxidation sites excluding steroid dienone is 2. The summed E-state index contributed by atoms with van der Waals surface area (Å²) in [5.74, 6) is -2.00. The van der Waals surface area contributed by atoms with Crippen molar-refractivity contribution in [3.05, 3.63) is 42.2 Å². The minimum atomic E-state index is -1.08. The molecule has 1 fully saturated rings. The minimum absolute atomic E-state index is 0.0164. The molecule has 2 aliphatic rings. The molecule has 4 heteroatoms. The number of rotatable bonds is 5. The van der Waals surface area contributed by atoms with Gasteiger partial charge in [-0.05, 0) is 36.3 Å². The van der Waals surface area contributed by atoms with E-state index < -0.39 is 17.8 Å². The van der Waals surface area contributed by atoms with E-state index in [-0.39, 0.29) is 17.6 Å². The number of fused-ring (bicyclic) bond motifs is 2. The number of Topliss-reactive ketones (excluding diaryl/α,β-unsaturated/α-hetero) is 1. The number of carboxylic acid groups (broad SMARTS) is 1. The zero-order valence-electron chi connectivity index (χ0n) is 11.1. The third-order valence-corrected chi connectivity index (χ3v) is 4.49. The molecule has 0 spiro atoms. The number of aromatic nitrogens is 1. The second-order valence-electron chi connectivity index (χ2n) is 5.65. The Morgan fingerprint density at radius 3 is 2.65 bits per heavy atom. The fourth-order valence-corrected chi connectivity index (χ4v) is 3.56. The molecule has 1 heterocycles. The third-order valence-electron chi connectivity index (χ3n) is 4.49. The van der Waals surface area contributed by atoms with E-state index in [1.54, 1.807) is 12.4 Å². The van der Waals surface area contributed by atoms with Gasteiger partial charge in [-0.25, -0.2) is 0 Å². The van der Waals surface area contributed by atoms with Gasteiger partial charge in [0.1, 0.15) is 5.78 Å². The molecule has 0 saturated heterocycles. The number of hydrogen-bond acceptors (Lipinski definition) is 4. The van der Waals surface area contributed by atoms with Crippen molar-refractivity contribution < 1.29 is 14.7 Å². The average molecular weight is 270 g/mol. The number of aryl methyl sites for hydroxylation is 1. The first-order valence-corrected chi connectivity index (χ1v) is 6.97. The maximum atomic E-state index is 12.4. The number of carbonyl (C=O) groups is 2. The van der Waals surface area contributed by atoms with Gasteiger partial charge in [-0.1, -0.05) is 18.2 Å². The second kappa shape index (κ2) is 5.19. The summed E-state index contributed by atoms with van der Waals surface area (Å²) >= 11 is 0. The van der Waals surface area contributed by atoms with Gasteiger partial charge in [0.25, 0.3) is 0 Å². The molecule has 0 aliphatic heterocycles. The van der Waals surface area contributed by atoms with Gasteiger partial charge in [-0.15, -0.1) is 0 Å². The smallest absolute Gasteiger partial charge is 0.137 e. The Kier molecular flexibility index (Phi) is 3.38. The number of pyridine rings is 1. The van der Waals surface area contributed by atoms with Crippen molar-refractivity contribution in [2.45, 2.75) is 19.3 Å². The van der Waals surface area contributed by atoms with Gasteiger partial charge in [0.2, 0.25) is 0 Å². The first-order valence-electron chi connectivity index (χ1n) is 6.97. The zero-order valence-corrected chi connectivity index (χ0v) is 11.1. The highest BCUT2D eigenvalue weighted by Crippen LogP contribution is 2.48. The molecule has 104 valence electrons. The molecule has 4 nitrogen and oxygen atoms in total. The van der Waals surface area contributed by atoms with Crippen LogP contribution in [0.4, 0.5) is 0 Å². The Labute approximate surface area is 117 Å². The Balaban J connectivity index is 1.68. The van der Waals surface area contributed by atoms with Gasteiger partial charge in [0.05, 0.1) is 0 Å². The van der Waals surface area contributed by atoms with Crippen molar-refractivity contribution >= 4 is 11.8 Å². The lowest BCUT2D eigenvalue weighted by atomic mass is 9.79. The summed E-state index contributed by atoms with van der Waals surface area (Å²) in [5, 5.41) is 11.3. The molecule has 0 unspecified atom stereocenters. The number of hydrogen-bond donors (Lipinski definition) is 0. The highest BCUT2D eigenvalue weighted by molar-refractivity contribution is 5.87. The van der Waals surface area contributed by atoms with E-state index in [1.165, 1.54) is 0 Å². The van der Waals surface area contributed by atoms with Gasteiger partial charge >= 0.3 is 0 Å². The lowest BCUT2D eigenvalue weighted by Crippen LogP contribution is -2.41. The molecule has 0 amide bonds. The predicted molar refractivity (Wildman–Crippen MR) is 70.3 cm³/mol. The van der Waals surface area contributed by atoms with Crippen molar-refractivity contribution in [2.75, 3.05) is 0 Å². The molecular formula is C16H16NO3-. The maximum absolute atomic E-state index is 12.4. The van der Waals surface area contributed by atoms with Crippen molar-refractivity contribution in [3.8, 4) is 0 Å². The van der Waals surface area contributed by atoms with Crippen LogP contribution in [0.15, 0.2) is 36.7 Å². The normalized spacial score (nSPS) is 30.6. The van der Waals surface area contributed by atoms with Crippen LogP contribution in [0.2, 0.25) is 0 Å². The summed E-state index contributed by atoms with van der Waals surface area (Å²) in [6.45, 7) is 0. The van der Waals surface area contributed by atoms with Crippen LogP contribution in [0.5, 0.6) is 0 Å². The predicted octanol–water partition coefficient (Wildman–Crippen LogP) is 0.772. The number of ketones is 1. The standard InChI is InChI=1S/C16H17NO3/c18-13(6-3-10-2-1-7-17-9-10)14-11-4-5-12(8-11)15(14)16(19)20/h1-2,4-5,7,9,11-12,14-15H,3,6,8H2,(H,19,20)/p-1/t11-,12+,14-,15+/m1/s1. The summed E-state index contributed by atoms with van der Waals surface area (Å²) in [6, 6.07) is 3.77. The minimum Gasteiger partial charge on any atom is -0.550 e. The van der Waals surface area contributed by atoms with Crippen LogP contribution in [-0.2, 0) is 16.0 Å². The van der Waals surface area contributed by atoms with E-state index in [9.17, 15) is 14.7 Å². The third kappa shape index (κ3) is 2.26. The van der Waals surface area contributed by atoms with E-state index in [4.69, 9.17) is 0 Å². The molecule has 20 heavy (non-hydrogen) atoms. The van der Waals surface area contributed by atoms with E-state index in [1.807, 2.05) is 24.3 Å². The highest BCUT2D eigenvalue weighted by Gasteiger charge is 2.47. The molecule has 1 saturated carbocycles. The second-order valence-corrected chi connectivity index (χ2v) is 5.65. The largest absolute Gasteiger partial charge is 0.550 e. The van der Waals surface area contributed by atoms with Crippen LogP contribution in [0, 0.1) is 23.7 Å². The molecular weight excluding hydrogens is 254 g/mol. The Hall–Kier alpha value is -1.97. The summed E-state index contributed by atoms with van der Waals surface area (Å²) in [7, 11) is 0. The summed E-state index contributed by atoms with van der Waals surface area (Å²) in [6.07, 6.45) is 9.12. The van der Waals surface area contributed by atoms with Gasteiger partial charge in [-0.3, -0.25) is 9.78 Å². The number of aliphatic carboxylic acids is 1. The molecule has 1 aromatic heterocycles. The Morgan fingerprint density at radius 1 is 1.25 bits per heavy atom. The van der Waals surface area contributed by atoms with Crippen LogP contribution >= 0.6 is 0 Å². The fraction of sp³-hybridized carbons (Fsp3) is 0.438. The van der Waals surface area contributed by atoms with Crippen LogP contribution in [0.25, 0.3) is 0 Å². The van der Waals surface area contributed by atoms with Crippen molar-refractivity contribution in [1.29, 1.82) is 0 Å². The lowest BCUT2D eigenvalue weighted by Gasteiger charge is -2.27. The molecule has 0 aromatic carbocycles. The van der Waals surface area contributed by atoms with Crippen LogP contribution in [0.3, 0.4) is 0 Å². The quantitative estimate of drug-likeness (QED) is 0.741. The van der Waals surface area contributed by atoms with Gasteiger partial charge in [-0.2, -0.15) is 0 Å². The van der Waals surface area contributed by atoms with Gasteiger partial charge in [0.15, 0.2) is 0 Å². The topological polar surface area (TPSA) is 70.1 Å². The highest BCUT2D eigenvalue weighted by atomic mass is 16.4. The summed E-state index contributed by atoms with van der Waals surface area (Å²) < 4.78 is 0. The Morgan fingerprint density at radius 2 is 2.00 bits per heavy atom. The van der Waals surface area contributed by atoms with E-state index in [2.05, 4.69) is 4.98 Å². The first kappa shape index (κ1) is 13.0. The monoisotopic (exact) mass is 270 g/mol.